The van der Waals surface area contributed by atoms with Crippen molar-refractivity contribution in [1.82, 2.24) is 19.9 Å². The van der Waals surface area contributed by atoms with Crippen LogP contribution in [0.2, 0.25) is 0 Å². The summed E-state index contributed by atoms with van der Waals surface area (Å²) in [6, 6.07) is 7.17. The molecule has 1 aliphatic heterocycles. The van der Waals surface area contributed by atoms with Crippen LogP contribution in [0.1, 0.15) is 24.1 Å². The number of aromatic amines is 1. The number of anilines is 2. The van der Waals surface area contributed by atoms with E-state index in [9.17, 15) is 5.11 Å². The minimum atomic E-state index is 0.187. The molecular formula is C19H23N7O. The maximum atomic E-state index is 9.66. The van der Waals surface area contributed by atoms with E-state index in [1.807, 2.05) is 6.07 Å². The van der Waals surface area contributed by atoms with Gasteiger partial charge in [-0.3, -0.25) is 5.41 Å². The van der Waals surface area contributed by atoms with E-state index < -0.39 is 0 Å². The molecule has 140 valence electrons. The Morgan fingerprint density at radius 2 is 2.07 bits per heavy atom. The molecule has 3 heterocycles. The zero-order valence-electron chi connectivity index (χ0n) is 15.2. The van der Waals surface area contributed by atoms with E-state index in [1.54, 1.807) is 18.2 Å². The molecule has 0 unspecified atom stereocenters. The third kappa shape index (κ3) is 3.43. The Kier molecular flexibility index (Phi) is 4.41. The summed E-state index contributed by atoms with van der Waals surface area (Å²) in [7, 11) is 2.12. The van der Waals surface area contributed by atoms with Gasteiger partial charge in [0.05, 0.1) is 17.0 Å². The lowest BCUT2D eigenvalue weighted by Crippen LogP contribution is -2.37. The van der Waals surface area contributed by atoms with Crippen LogP contribution >= 0.6 is 0 Å². The van der Waals surface area contributed by atoms with E-state index in [1.165, 1.54) is 6.33 Å². The normalized spacial score (nSPS) is 15.9. The van der Waals surface area contributed by atoms with Crippen molar-refractivity contribution < 1.29 is 5.11 Å². The lowest BCUT2D eigenvalue weighted by atomic mass is 10.0. The zero-order chi connectivity index (χ0) is 19.0. The number of hydrogen-bond donors (Lipinski definition) is 5. The quantitative estimate of drug-likeness (QED) is 0.451. The molecule has 8 nitrogen and oxygen atoms in total. The first-order valence-electron chi connectivity index (χ1n) is 8.98. The molecule has 0 saturated carbocycles. The molecule has 4 rings (SSSR count). The second-order valence-corrected chi connectivity index (χ2v) is 7.03. The van der Waals surface area contributed by atoms with Crippen LogP contribution in [0.4, 0.5) is 11.6 Å². The Hall–Kier alpha value is -3.13. The molecule has 6 N–H and O–H groups in total. The molecule has 0 amide bonds. The predicted octanol–water partition coefficient (Wildman–Crippen LogP) is 2.17. The van der Waals surface area contributed by atoms with E-state index in [0.29, 0.717) is 23.1 Å². The zero-order valence-corrected chi connectivity index (χ0v) is 15.2. The number of likely N-dealkylation sites (tertiary alicyclic amines) is 1. The number of phenols is 1. The third-order valence-electron chi connectivity index (χ3n) is 5.06. The van der Waals surface area contributed by atoms with Crippen molar-refractivity contribution in [1.29, 1.82) is 5.41 Å². The second-order valence-electron chi connectivity index (χ2n) is 7.03. The molecule has 1 saturated heterocycles. The number of hydrogen-bond acceptors (Lipinski definition) is 7. The minimum absolute atomic E-state index is 0.187. The number of aromatic hydroxyl groups is 1. The Balaban J connectivity index is 1.66. The summed E-state index contributed by atoms with van der Waals surface area (Å²) >= 11 is 0. The van der Waals surface area contributed by atoms with Crippen molar-refractivity contribution in [3.63, 3.8) is 0 Å². The fourth-order valence-corrected chi connectivity index (χ4v) is 3.49. The summed E-state index contributed by atoms with van der Waals surface area (Å²) < 4.78 is 0. The molecule has 0 spiro atoms. The average molecular weight is 365 g/mol. The topological polar surface area (TPSA) is 127 Å². The number of benzene rings is 1. The molecule has 2 aromatic heterocycles. The minimum Gasteiger partial charge on any atom is -0.508 e. The fourth-order valence-electron chi connectivity index (χ4n) is 3.49. The summed E-state index contributed by atoms with van der Waals surface area (Å²) in [5.41, 5.74) is 8.27. The van der Waals surface area contributed by atoms with Gasteiger partial charge in [-0.1, -0.05) is 0 Å². The molecule has 8 heteroatoms. The lowest BCUT2D eigenvalue weighted by Gasteiger charge is -2.30. The molecular weight excluding hydrogens is 342 g/mol. The van der Waals surface area contributed by atoms with Crippen molar-refractivity contribution in [2.75, 3.05) is 31.2 Å². The number of aromatic nitrogens is 3. The SMILES string of the molecule is CN1CCC(Nc2ncnc(N)c2C(=N)c2cc3cc(O)ccc3[nH]2)CC1. The predicted molar refractivity (Wildman–Crippen MR) is 106 cm³/mol. The van der Waals surface area contributed by atoms with Crippen molar-refractivity contribution in [2.24, 2.45) is 0 Å². The van der Waals surface area contributed by atoms with Gasteiger partial charge in [0.25, 0.3) is 0 Å². The first-order valence-corrected chi connectivity index (χ1v) is 8.98. The second kappa shape index (κ2) is 6.88. The van der Waals surface area contributed by atoms with Crippen molar-refractivity contribution in [3.8, 4) is 5.75 Å². The highest BCUT2D eigenvalue weighted by Crippen LogP contribution is 2.26. The van der Waals surface area contributed by atoms with Gasteiger partial charge in [0.1, 0.15) is 23.7 Å². The van der Waals surface area contributed by atoms with Crippen LogP contribution in [0, 0.1) is 5.41 Å². The molecule has 1 aliphatic rings. The van der Waals surface area contributed by atoms with E-state index in [2.05, 4.69) is 32.2 Å². The van der Waals surface area contributed by atoms with E-state index in [-0.39, 0.29) is 17.3 Å². The molecule has 27 heavy (non-hydrogen) atoms. The number of fused-ring (bicyclic) bond motifs is 1. The summed E-state index contributed by atoms with van der Waals surface area (Å²) in [6.45, 7) is 2.05. The number of nitrogen functional groups attached to an aromatic ring is 1. The first-order chi connectivity index (χ1) is 13.0. The molecule has 0 radical (unpaired) electrons. The van der Waals surface area contributed by atoms with Crippen LogP contribution in [-0.2, 0) is 0 Å². The number of H-pyrrole nitrogens is 1. The average Bonchev–Trinajstić information content (AvgIpc) is 3.06. The largest absolute Gasteiger partial charge is 0.508 e. The van der Waals surface area contributed by atoms with Crippen molar-refractivity contribution in [2.45, 2.75) is 18.9 Å². The lowest BCUT2D eigenvalue weighted by molar-refractivity contribution is 0.263. The van der Waals surface area contributed by atoms with E-state index >= 15 is 0 Å². The van der Waals surface area contributed by atoms with Crippen LogP contribution in [0.3, 0.4) is 0 Å². The number of piperidine rings is 1. The van der Waals surface area contributed by atoms with Gasteiger partial charge in [0, 0.05) is 16.9 Å². The molecule has 3 aromatic rings. The summed E-state index contributed by atoms with van der Waals surface area (Å²) in [5.74, 6) is 1.04. The Bertz CT molecular complexity index is 989. The molecule has 0 atom stereocenters. The summed E-state index contributed by atoms with van der Waals surface area (Å²) in [4.78, 5) is 13.9. The van der Waals surface area contributed by atoms with Crippen LogP contribution < -0.4 is 11.1 Å². The number of phenolic OH excluding ortho intramolecular Hbond substituents is 1. The van der Waals surface area contributed by atoms with Gasteiger partial charge < -0.3 is 26.0 Å². The number of rotatable bonds is 4. The van der Waals surface area contributed by atoms with Crippen LogP contribution in [-0.4, -0.2) is 56.8 Å². The number of nitrogens with zero attached hydrogens (tertiary/aromatic N) is 3. The summed E-state index contributed by atoms with van der Waals surface area (Å²) in [6.07, 6.45) is 3.45. The molecule has 0 aliphatic carbocycles. The molecule has 0 bridgehead atoms. The highest BCUT2D eigenvalue weighted by molar-refractivity contribution is 6.16. The monoisotopic (exact) mass is 365 g/mol. The molecule has 1 fully saturated rings. The standard InChI is InChI=1S/C19H23N7O/c1-26-6-4-12(5-7-26)24-19-16(18(21)22-10-23-19)17(20)15-9-11-8-13(27)2-3-14(11)25-15/h2-3,8-10,12,20,25,27H,4-7H2,1H3,(H3,21,22,23,24). The maximum Gasteiger partial charge on any atom is 0.141 e. The Labute approximate surface area is 156 Å². The van der Waals surface area contributed by atoms with Gasteiger partial charge in [0.15, 0.2) is 0 Å². The van der Waals surface area contributed by atoms with Crippen molar-refractivity contribution >= 4 is 28.3 Å². The van der Waals surface area contributed by atoms with Crippen LogP contribution in [0.15, 0.2) is 30.6 Å². The van der Waals surface area contributed by atoms with Gasteiger partial charge in [-0.25, -0.2) is 9.97 Å². The molecule has 1 aromatic carbocycles. The smallest absolute Gasteiger partial charge is 0.141 e. The van der Waals surface area contributed by atoms with Gasteiger partial charge in [0.2, 0.25) is 0 Å². The maximum absolute atomic E-state index is 9.66. The van der Waals surface area contributed by atoms with E-state index in [4.69, 9.17) is 11.1 Å². The number of nitrogens with two attached hydrogens (primary N) is 1. The van der Waals surface area contributed by atoms with Gasteiger partial charge in [-0.05, 0) is 57.2 Å². The summed E-state index contributed by atoms with van der Waals surface area (Å²) in [5, 5.41) is 22.6. The van der Waals surface area contributed by atoms with Crippen molar-refractivity contribution in [3.05, 3.63) is 41.9 Å². The van der Waals surface area contributed by atoms with E-state index in [0.717, 1.165) is 36.8 Å². The first kappa shape index (κ1) is 17.3. The fraction of sp³-hybridized carbons (Fsp3) is 0.316. The highest BCUT2D eigenvalue weighted by Gasteiger charge is 2.22. The van der Waals surface area contributed by atoms with Gasteiger partial charge in [-0.15, -0.1) is 0 Å². The Morgan fingerprint density at radius 1 is 1.30 bits per heavy atom. The van der Waals surface area contributed by atoms with Crippen LogP contribution in [0.25, 0.3) is 10.9 Å². The van der Waals surface area contributed by atoms with Gasteiger partial charge in [-0.2, -0.15) is 0 Å². The van der Waals surface area contributed by atoms with Crippen LogP contribution in [0.5, 0.6) is 5.75 Å². The highest BCUT2D eigenvalue weighted by atomic mass is 16.3. The van der Waals surface area contributed by atoms with Gasteiger partial charge >= 0.3 is 0 Å². The number of nitrogens with one attached hydrogen (secondary N) is 3. The Morgan fingerprint density at radius 3 is 2.85 bits per heavy atom. The third-order valence-corrected chi connectivity index (χ3v) is 5.06.